The van der Waals surface area contributed by atoms with E-state index in [1.807, 2.05) is 32.0 Å². The molecule has 0 saturated heterocycles. The van der Waals surface area contributed by atoms with Gasteiger partial charge < -0.3 is 14.8 Å². The van der Waals surface area contributed by atoms with Crippen LogP contribution < -0.4 is 14.8 Å². The molecule has 0 radical (unpaired) electrons. The maximum atomic E-state index is 13.0. The van der Waals surface area contributed by atoms with E-state index in [0.717, 1.165) is 5.56 Å². The molecule has 8 heteroatoms. The van der Waals surface area contributed by atoms with Crippen LogP contribution in [0.25, 0.3) is 0 Å². The molecule has 0 unspecified atom stereocenters. The van der Waals surface area contributed by atoms with Gasteiger partial charge in [0.25, 0.3) is 5.91 Å². The second kappa shape index (κ2) is 8.88. The average Bonchev–Trinajstić information content (AvgIpc) is 2.73. The van der Waals surface area contributed by atoms with E-state index < -0.39 is 15.6 Å². The number of amides is 1. The minimum atomic E-state index is -3.67. The number of nitrogens with zero attached hydrogens (tertiary/aromatic N) is 1. The van der Waals surface area contributed by atoms with Crippen LogP contribution in [0.4, 0.5) is 0 Å². The van der Waals surface area contributed by atoms with E-state index in [1.54, 1.807) is 32.9 Å². The third kappa shape index (κ3) is 4.70. The van der Waals surface area contributed by atoms with Gasteiger partial charge in [-0.25, -0.2) is 8.42 Å². The minimum Gasteiger partial charge on any atom is -0.486 e. The zero-order valence-electron chi connectivity index (χ0n) is 18.7. The summed E-state index contributed by atoms with van der Waals surface area (Å²) in [6.45, 7) is 10.8. The van der Waals surface area contributed by atoms with Crippen LogP contribution in [0.2, 0.25) is 0 Å². The van der Waals surface area contributed by atoms with Crippen LogP contribution in [0.15, 0.2) is 41.3 Å². The first-order chi connectivity index (χ1) is 14.6. The highest BCUT2D eigenvalue weighted by Gasteiger charge is 2.28. The molecule has 2 aromatic rings. The summed E-state index contributed by atoms with van der Waals surface area (Å²) in [5, 5.41) is 3.01. The van der Waals surface area contributed by atoms with Gasteiger partial charge in [-0.05, 0) is 56.2 Å². The van der Waals surface area contributed by atoms with Gasteiger partial charge in [0.05, 0.1) is 10.4 Å². The molecular formula is C23H30N2O5S. The SMILES string of the molecule is CCN(CC)S(=O)(=O)c1cc(C(=O)NC(C)(C)c2ccc3c(c2)OCCO3)ccc1C. The van der Waals surface area contributed by atoms with Gasteiger partial charge >= 0.3 is 0 Å². The maximum Gasteiger partial charge on any atom is 0.251 e. The summed E-state index contributed by atoms with van der Waals surface area (Å²) in [6.07, 6.45) is 0. The normalized spacial score (nSPS) is 13.9. The van der Waals surface area contributed by atoms with Crippen LogP contribution in [0.5, 0.6) is 11.5 Å². The molecular weight excluding hydrogens is 416 g/mol. The Hall–Kier alpha value is -2.58. The molecule has 2 aromatic carbocycles. The Bertz CT molecular complexity index is 1080. The number of sulfonamides is 1. The fourth-order valence-electron chi connectivity index (χ4n) is 3.58. The zero-order chi connectivity index (χ0) is 22.8. The first-order valence-electron chi connectivity index (χ1n) is 10.4. The van der Waals surface area contributed by atoms with Crippen LogP contribution in [-0.4, -0.2) is 44.9 Å². The van der Waals surface area contributed by atoms with Gasteiger partial charge in [-0.2, -0.15) is 4.31 Å². The van der Waals surface area contributed by atoms with Gasteiger partial charge in [0.15, 0.2) is 11.5 Å². The predicted molar refractivity (Wildman–Crippen MR) is 119 cm³/mol. The molecule has 1 heterocycles. The van der Waals surface area contributed by atoms with Crippen LogP contribution in [-0.2, 0) is 15.6 Å². The van der Waals surface area contributed by atoms with Gasteiger partial charge in [-0.15, -0.1) is 0 Å². The summed E-state index contributed by atoms with van der Waals surface area (Å²) in [4.78, 5) is 13.2. The van der Waals surface area contributed by atoms with Crippen molar-refractivity contribution in [2.75, 3.05) is 26.3 Å². The Morgan fingerprint density at radius 3 is 2.32 bits per heavy atom. The molecule has 0 bridgehead atoms. The number of ether oxygens (including phenoxy) is 2. The first-order valence-corrected chi connectivity index (χ1v) is 11.9. The number of carbonyl (C=O) groups is 1. The summed E-state index contributed by atoms with van der Waals surface area (Å²) in [6, 6.07) is 10.4. The number of fused-ring (bicyclic) bond motifs is 1. The van der Waals surface area contributed by atoms with Gasteiger partial charge in [0.2, 0.25) is 10.0 Å². The highest BCUT2D eigenvalue weighted by Crippen LogP contribution is 2.34. The lowest BCUT2D eigenvalue weighted by molar-refractivity contribution is 0.0911. The van der Waals surface area contributed by atoms with Crippen LogP contribution in [0.3, 0.4) is 0 Å². The van der Waals surface area contributed by atoms with Crippen molar-refractivity contribution in [2.24, 2.45) is 0 Å². The molecule has 1 N–H and O–H groups in total. The van der Waals surface area contributed by atoms with E-state index in [9.17, 15) is 13.2 Å². The van der Waals surface area contributed by atoms with E-state index in [2.05, 4.69) is 5.32 Å². The summed E-state index contributed by atoms with van der Waals surface area (Å²) in [5.41, 5.74) is 1.04. The Morgan fingerprint density at radius 2 is 1.68 bits per heavy atom. The monoisotopic (exact) mass is 446 g/mol. The average molecular weight is 447 g/mol. The lowest BCUT2D eigenvalue weighted by atomic mass is 9.93. The second-order valence-electron chi connectivity index (χ2n) is 8.01. The fourth-order valence-corrected chi connectivity index (χ4v) is 5.29. The van der Waals surface area contributed by atoms with Crippen molar-refractivity contribution in [3.63, 3.8) is 0 Å². The van der Waals surface area contributed by atoms with E-state index in [1.165, 1.54) is 10.4 Å². The maximum absolute atomic E-state index is 13.0. The predicted octanol–water partition coefficient (Wildman–Crippen LogP) is 3.46. The zero-order valence-corrected chi connectivity index (χ0v) is 19.5. The topological polar surface area (TPSA) is 84.9 Å². The Kier molecular flexibility index (Phi) is 6.62. The van der Waals surface area contributed by atoms with Gasteiger partial charge in [-0.3, -0.25) is 4.79 Å². The molecule has 7 nitrogen and oxygen atoms in total. The van der Waals surface area contributed by atoms with Gasteiger partial charge in [0.1, 0.15) is 13.2 Å². The number of hydrogen-bond donors (Lipinski definition) is 1. The first kappa shape index (κ1) is 23.1. The molecule has 31 heavy (non-hydrogen) atoms. The van der Waals surface area contributed by atoms with Crippen LogP contribution in [0.1, 0.15) is 49.2 Å². The minimum absolute atomic E-state index is 0.154. The lowest BCUT2D eigenvalue weighted by Crippen LogP contribution is -2.41. The largest absolute Gasteiger partial charge is 0.486 e. The number of rotatable bonds is 7. The standard InChI is InChI=1S/C23H30N2O5S/c1-6-25(7-2)31(27,28)21-14-17(9-8-16(21)3)22(26)24-23(4,5)18-10-11-19-20(15-18)30-13-12-29-19/h8-11,14-15H,6-7,12-13H2,1-5H3,(H,24,26). The van der Waals surface area contributed by atoms with Crippen molar-refractivity contribution in [2.45, 2.75) is 45.1 Å². The lowest BCUT2D eigenvalue weighted by Gasteiger charge is -2.29. The highest BCUT2D eigenvalue weighted by molar-refractivity contribution is 7.89. The molecule has 1 amide bonds. The van der Waals surface area contributed by atoms with Gasteiger partial charge in [-0.1, -0.05) is 26.0 Å². The molecule has 0 fully saturated rings. The van der Waals surface area contributed by atoms with Crippen LogP contribution >= 0.6 is 0 Å². The molecule has 0 aliphatic carbocycles. The smallest absolute Gasteiger partial charge is 0.251 e. The van der Waals surface area contributed by atoms with E-state index in [4.69, 9.17) is 9.47 Å². The molecule has 3 rings (SSSR count). The fraction of sp³-hybridized carbons (Fsp3) is 0.435. The quantitative estimate of drug-likeness (QED) is 0.704. The number of benzene rings is 2. The van der Waals surface area contributed by atoms with Crippen LogP contribution in [0, 0.1) is 6.92 Å². The van der Waals surface area contributed by atoms with Crippen molar-refractivity contribution in [3.05, 3.63) is 53.1 Å². The summed E-state index contributed by atoms with van der Waals surface area (Å²) in [5.74, 6) is 0.979. The van der Waals surface area contributed by atoms with Crippen molar-refractivity contribution in [1.29, 1.82) is 0 Å². The summed E-state index contributed by atoms with van der Waals surface area (Å²) >= 11 is 0. The van der Waals surface area contributed by atoms with Crippen molar-refractivity contribution in [3.8, 4) is 11.5 Å². The van der Waals surface area contributed by atoms with E-state index >= 15 is 0 Å². The Balaban J connectivity index is 1.88. The Labute approximate surface area is 184 Å². The third-order valence-electron chi connectivity index (χ3n) is 5.46. The molecule has 1 aliphatic heterocycles. The second-order valence-corrected chi connectivity index (χ2v) is 9.91. The number of carbonyl (C=O) groups excluding carboxylic acids is 1. The van der Waals surface area contributed by atoms with Crippen molar-refractivity contribution < 1.29 is 22.7 Å². The number of aryl methyl sites for hydroxylation is 1. The molecule has 0 atom stereocenters. The molecule has 0 saturated carbocycles. The Morgan fingerprint density at radius 1 is 1.03 bits per heavy atom. The van der Waals surface area contributed by atoms with E-state index in [0.29, 0.717) is 48.9 Å². The summed E-state index contributed by atoms with van der Waals surface area (Å²) < 4.78 is 38.6. The van der Waals surface area contributed by atoms with Crippen molar-refractivity contribution >= 4 is 15.9 Å². The number of nitrogens with one attached hydrogen (secondary N) is 1. The molecule has 0 aromatic heterocycles. The number of hydrogen-bond acceptors (Lipinski definition) is 5. The van der Waals surface area contributed by atoms with Crippen molar-refractivity contribution in [1.82, 2.24) is 9.62 Å². The summed E-state index contributed by atoms with van der Waals surface area (Å²) in [7, 11) is -3.67. The van der Waals surface area contributed by atoms with Gasteiger partial charge in [0, 0.05) is 18.7 Å². The third-order valence-corrected chi connectivity index (χ3v) is 7.66. The molecule has 168 valence electrons. The highest BCUT2D eigenvalue weighted by atomic mass is 32.2. The van der Waals surface area contributed by atoms with E-state index in [-0.39, 0.29) is 10.8 Å². The molecule has 1 aliphatic rings. The molecule has 0 spiro atoms.